The van der Waals surface area contributed by atoms with Crippen molar-refractivity contribution < 1.29 is 19.8 Å². The Morgan fingerprint density at radius 2 is 1.62 bits per heavy atom. The van der Waals surface area contributed by atoms with E-state index in [0.29, 0.717) is 16.4 Å². The van der Waals surface area contributed by atoms with Gasteiger partial charge in [-0.15, -0.1) is 0 Å². The van der Waals surface area contributed by atoms with Gasteiger partial charge in [-0.05, 0) is 24.3 Å². The van der Waals surface area contributed by atoms with E-state index in [1.165, 1.54) is 0 Å². The highest BCUT2D eigenvalue weighted by Crippen LogP contribution is 2.09. The van der Waals surface area contributed by atoms with Crippen LogP contribution in [0.15, 0.2) is 60.7 Å². The maximum atomic E-state index is 11.9. The summed E-state index contributed by atoms with van der Waals surface area (Å²) in [5.41, 5.74) is 0.358. The summed E-state index contributed by atoms with van der Waals surface area (Å²) in [5, 5.41) is 20.0. The summed E-state index contributed by atoms with van der Waals surface area (Å²) < 4.78 is 5.36. The van der Waals surface area contributed by atoms with Crippen molar-refractivity contribution in [3.63, 3.8) is 0 Å². The van der Waals surface area contributed by atoms with E-state index in [9.17, 15) is 15.1 Å². The number of ether oxygens (including phenoxy) is 1. The molecule has 2 rings (SSSR count). The average molecular weight is 287 g/mol. The smallest absolute Gasteiger partial charge is 0.277 e. The molecule has 2 N–H and O–H groups in total. The Morgan fingerprint density at radius 3 is 2.24 bits per heavy atom. The summed E-state index contributed by atoms with van der Waals surface area (Å²) in [7, 11) is 0. The van der Waals surface area contributed by atoms with Crippen LogP contribution in [0.3, 0.4) is 0 Å². The Balaban J connectivity index is 1.82. The van der Waals surface area contributed by atoms with Crippen LogP contribution in [0.5, 0.6) is 5.75 Å². The normalized spacial score (nSPS) is 11.7. The maximum Gasteiger partial charge on any atom is 0.277 e. The lowest BCUT2D eigenvalue weighted by Gasteiger charge is -2.19. The Labute approximate surface area is 123 Å². The van der Waals surface area contributed by atoms with Gasteiger partial charge in [-0.2, -0.15) is 0 Å². The van der Waals surface area contributed by atoms with Crippen molar-refractivity contribution >= 4 is 5.91 Å². The van der Waals surface area contributed by atoms with E-state index < -0.39 is 12.0 Å². The molecule has 0 bridgehead atoms. The lowest BCUT2D eigenvalue weighted by atomic mass is 10.2. The SMILES string of the molecule is O=C(c1ccccc1)N(O)CC(O)COc1ccccc1. The summed E-state index contributed by atoms with van der Waals surface area (Å²) in [4.78, 5) is 11.9. The van der Waals surface area contributed by atoms with E-state index in [2.05, 4.69) is 0 Å². The van der Waals surface area contributed by atoms with Crippen molar-refractivity contribution in [1.82, 2.24) is 5.06 Å². The minimum absolute atomic E-state index is 0.0108. The molecule has 1 atom stereocenters. The molecule has 0 aliphatic heterocycles. The largest absolute Gasteiger partial charge is 0.491 e. The third-order valence-electron chi connectivity index (χ3n) is 2.82. The number of carbonyl (C=O) groups is 1. The van der Waals surface area contributed by atoms with E-state index in [0.717, 1.165) is 0 Å². The van der Waals surface area contributed by atoms with E-state index in [-0.39, 0.29) is 13.2 Å². The highest BCUT2D eigenvalue weighted by molar-refractivity contribution is 5.93. The predicted octanol–water partition coefficient (Wildman–Crippen LogP) is 1.96. The van der Waals surface area contributed by atoms with Crippen LogP contribution in [0.25, 0.3) is 0 Å². The van der Waals surface area contributed by atoms with Crippen LogP contribution in [0.2, 0.25) is 0 Å². The maximum absolute atomic E-state index is 11.9. The molecule has 5 nitrogen and oxygen atoms in total. The molecule has 0 saturated carbocycles. The summed E-state index contributed by atoms with van der Waals surface area (Å²) >= 11 is 0. The first-order valence-electron chi connectivity index (χ1n) is 6.58. The molecule has 2 aromatic carbocycles. The van der Waals surface area contributed by atoms with Gasteiger partial charge in [0, 0.05) is 5.56 Å². The lowest BCUT2D eigenvalue weighted by Crippen LogP contribution is -2.37. The van der Waals surface area contributed by atoms with Gasteiger partial charge in [0.1, 0.15) is 18.5 Å². The van der Waals surface area contributed by atoms with Crippen LogP contribution in [0.1, 0.15) is 10.4 Å². The molecule has 0 aliphatic rings. The zero-order valence-corrected chi connectivity index (χ0v) is 11.4. The van der Waals surface area contributed by atoms with Crippen LogP contribution in [-0.4, -0.2) is 40.5 Å². The third-order valence-corrected chi connectivity index (χ3v) is 2.82. The lowest BCUT2D eigenvalue weighted by molar-refractivity contribution is -0.0842. The number of benzene rings is 2. The second-order valence-corrected chi connectivity index (χ2v) is 4.53. The van der Waals surface area contributed by atoms with Crippen molar-refractivity contribution in [2.24, 2.45) is 0 Å². The Hall–Kier alpha value is -2.37. The molecule has 5 heteroatoms. The van der Waals surface area contributed by atoms with Crippen LogP contribution < -0.4 is 4.74 Å². The molecule has 0 fully saturated rings. The molecule has 0 aromatic heterocycles. The quantitative estimate of drug-likeness (QED) is 0.629. The summed E-state index contributed by atoms with van der Waals surface area (Å²) in [5.74, 6) is 0.0600. The fraction of sp³-hybridized carbons (Fsp3) is 0.188. The fourth-order valence-electron chi connectivity index (χ4n) is 1.77. The second kappa shape index (κ2) is 7.42. The van der Waals surface area contributed by atoms with Crippen LogP contribution in [0, 0.1) is 0 Å². The average Bonchev–Trinajstić information content (AvgIpc) is 2.54. The summed E-state index contributed by atoms with van der Waals surface area (Å²) in [6, 6.07) is 17.4. The molecule has 1 unspecified atom stereocenters. The zero-order chi connectivity index (χ0) is 15.1. The van der Waals surface area contributed by atoms with Crippen LogP contribution >= 0.6 is 0 Å². The van der Waals surface area contributed by atoms with Gasteiger partial charge in [0.25, 0.3) is 5.91 Å². The van der Waals surface area contributed by atoms with E-state index in [1.54, 1.807) is 42.5 Å². The van der Waals surface area contributed by atoms with Gasteiger partial charge >= 0.3 is 0 Å². The van der Waals surface area contributed by atoms with Gasteiger partial charge in [-0.25, -0.2) is 5.06 Å². The molecule has 0 spiro atoms. The van der Waals surface area contributed by atoms with Crippen molar-refractivity contribution in [3.05, 3.63) is 66.2 Å². The van der Waals surface area contributed by atoms with Crippen molar-refractivity contribution in [1.29, 1.82) is 0 Å². The highest BCUT2D eigenvalue weighted by Gasteiger charge is 2.17. The first-order chi connectivity index (χ1) is 10.2. The molecule has 1 amide bonds. The number of hydrogen-bond acceptors (Lipinski definition) is 4. The Morgan fingerprint density at radius 1 is 1.05 bits per heavy atom. The number of amides is 1. The molecule has 110 valence electrons. The Bertz CT molecular complexity index is 559. The number of hydrogen-bond donors (Lipinski definition) is 2. The van der Waals surface area contributed by atoms with Gasteiger partial charge in [-0.1, -0.05) is 36.4 Å². The minimum Gasteiger partial charge on any atom is -0.491 e. The molecule has 0 heterocycles. The molecule has 0 saturated heterocycles. The molecular weight excluding hydrogens is 270 g/mol. The minimum atomic E-state index is -0.983. The van der Waals surface area contributed by atoms with Crippen molar-refractivity contribution in [2.45, 2.75) is 6.10 Å². The number of aliphatic hydroxyl groups excluding tert-OH is 1. The number of rotatable bonds is 6. The topological polar surface area (TPSA) is 70.0 Å². The summed E-state index contributed by atoms with van der Waals surface area (Å²) in [6.45, 7) is -0.232. The number of hydroxylamine groups is 2. The molecule has 0 aliphatic carbocycles. The first kappa shape index (κ1) is 15.0. The van der Waals surface area contributed by atoms with Gasteiger partial charge in [0.15, 0.2) is 0 Å². The molecule has 21 heavy (non-hydrogen) atoms. The van der Waals surface area contributed by atoms with Crippen molar-refractivity contribution in [3.8, 4) is 5.75 Å². The fourth-order valence-corrected chi connectivity index (χ4v) is 1.77. The van der Waals surface area contributed by atoms with E-state index in [1.807, 2.05) is 18.2 Å². The highest BCUT2D eigenvalue weighted by atomic mass is 16.5. The molecule has 0 radical (unpaired) electrons. The second-order valence-electron chi connectivity index (χ2n) is 4.53. The number of para-hydroxylation sites is 1. The zero-order valence-electron chi connectivity index (χ0n) is 11.4. The van der Waals surface area contributed by atoms with E-state index in [4.69, 9.17) is 4.74 Å². The first-order valence-corrected chi connectivity index (χ1v) is 6.58. The van der Waals surface area contributed by atoms with Crippen LogP contribution in [0.4, 0.5) is 0 Å². The third kappa shape index (κ3) is 4.59. The van der Waals surface area contributed by atoms with Gasteiger partial charge in [0.05, 0.1) is 6.54 Å². The van der Waals surface area contributed by atoms with Gasteiger partial charge in [-0.3, -0.25) is 10.0 Å². The van der Waals surface area contributed by atoms with Crippen LogP contribution in [-0.2, 0) is 0 Å². The Kier molecular flexibility index (Phi) is 5.31. The van der Waals surface area contributed by atoms with E-state index >= 15 is 0 Å². The monoisotopic (exact) mass is 287 g/mol. The molecular formula is C16H17NO4. The standard InChI is InChI=1S/C16H17NO4/c18-14(12-21-15-9-5-2-6-10-15)11-17(20)16(19)13-7-3-1-4-8-13/h1-10,14,18,20H,11-12H2. The summed E-state index contributed by atoms with van der Waals surface area (Å²) in [6.07, 6.45) is -0.983. The van der Waals surface area contributed by atoms with Gasteiger partial charge < -0.3 is 9.84 Å². The number of nitrogens with zero attached hydrogens (tertiary/aromatic N) is 1. The molecule has 2 aromatic rings. The number of aliphatic hydroxyl groups is 1. The van der Waals surface area contributed by atoms with Gasteiger partial charge in [0.2, 0.25) is 0 Å². The predicted molar refractivity (Wildman–Crippen MR) is 77.2 cm³/mol. The van der Waals surface area contributed by atoms with Crippen molar-refractivity contribution in [2.75, 3.05) is 13.2 Å². The number of carbonyl (C=O) groups excluding carboxylic acids is 1.